The Bertz CT molecular complexity index is 78.9. The SMILES string of the molecule is CC.CCCN1CC[C@H](C)C1. The molecule has 1 aliphatic rings. The van der Waals surface area contributed by atoms with Crippen LogP contribution in [-0.2, 0) is 0 Å². The smallest absolute Gasteiger partial charge is 0.000749 e. The van der Waals surface area contributed by atoms with Crippen LogP contribution >= 0.6 is 0 Å². The van der Waals surface area contributed by atoms with Crippen molar-refractivity contribution >= 4 is 0 Å². The van der Waals surface area contributed by atoms with Crippen LogP contribution in [0.3, 0.4) is 0 Å². The van der Waals surface area contributed by atoms with E-state index in [0.29, 0.717) is 0 Å². The van der Waals surface area contributed by atoms with Crippen molar-refractivity contribution < 1.29 is 0 Å². The summed E-state index contributed by atoms with van der Waals surface area (Å²) >= 11 is 0. The molecule has 0 N–H and O–H groups in total. The predicted octanol–water partition coefficient (Wildman–Crippen LogP) is 2.76. The quantitative estimate of drug-likeness (QED) is 0.596. The monoisotopic (exact) mass is 157 g/mol. The van der Waals surface area contributed by atoms with E-state index >= 15 is 0 Å². The van der Waals surface area contributed by atoms with Gasteiger partial charge in [0.05, 0.1) is 0 Å². The number of likely N-dealkylation sites (tertiary alicyclic amines) is 1. The van der Waals surface area contributed by atoms with Gasteiger partial charge < -0.3 is 4.90 Å². The second-order valence-electron chi connectivity index (χ2n) is 3.19. The van der Waals surface area contributed by atoms with Crippen LogP contribution in [0.4, 0.5) is 0 Å². The summed E-state index contributed by atoms with van der Waals surface area (Å²) in [5, 5.41) is 0. The van der Waals surface area contributed by atoms with E-state index < -0.39 is 0 Å². The zero-order valence-corrected chi connectivity index (χ0v) is 8.56. The third kappa shape index (κ3) is 4.41. The van der Waals surface area contributed by atoms with Gasteiger partial charge in [0.1, 0.15) is 0 Å². The summed E-state index contributed by atoms with van der Waals surface area (Å²) in [6.45, 7) is 12.6. The van der Waals surface area contributed by atoms with E-state index in [4.69, 9.17) is 0 Å². The molecule has 0 bridgehead atoms. The van der Waals surface area contributed by atoms with Crippen LogP contribution in [0.1, 0.15) is 40.5 Å². The molecule has 1 aliphatic heterocycles. The van der Waals surface area contributed by atoms with Crippen LogP contribution in [0, 0.1) is 5.92 Å². The van der Waals surface area contributed by atoms with Gasteiger partial charge in [0.2, 0.25) is 0 Å². The zero-order valence-electron chi connectivity index (χ0n) is 8.56. The standard InChI is InChI=1S/C8H17N.C2H6/c1-3-5-9-6-4-8(2)7-9;1-2/h8H,3-7H2,1-2H3;1-2H3/t8-;/m0./s1. The molecular formula is C10H23N. The van der Waals surface area contributed by atoms with Gasteiger partial charge in [-0.25, -0.2) is 0 Å². The van der Waals surface area contributed by atoms with Gasteiger partial charge in [-0.05, 0) is 31.8 Å². The maximum absolute atomic E-state index is 2.56. The van der Waals surface area contributed by atoms with Gasteiger partial charge in [0, 0.05) is 6.54 Å². The fourth-order valence-electron chi connectivity index (χ4n) is 1.55. The molecule has 11 heavy (non-hydrogen) atoms. The van der Waals surface area contributed by atoms with E-state index in [1.165, 1.54) is 32.5 Å². The zero-order chi connectivity index (χ0) is 8.69. The molecule has 0 aromatic heterocycles. The van der Waals surface area contributed by atoms with Gasteiger partial charge in [-0.15, -0.1) is 0 Å². The molecular weight excluding hydrogens is 134 g/mol. The lowest BCUT2D eigenvalue weighted by molar-refractivity contribution is 0.328. The average Bonchev–Trinajstić information content (AvgIpc) is 2.41. The van der Waals surface area contributed by atoms with E-state index in [1.54, 1.807) is 0 Å². The third-order valence-electron chi connectivity index (χ3n) is 2.05. The summed E-state index contributed by atoms with van der Waals surface area (Å²) in [5.41, 5.74) is 0. The van der Waals surface area contributed by atoms with Crippen LogP contribution < -0.4 is 0 Å². The van der Waals surface area contributed by atoms with Crippen molar-refractivity contribution in [3.63, 3.8) is 0 Å². The molecule has 1 nitrogen and oxygen atoms in total. The van der Waals surface area contributed by atoms with E-state index in [0.717, 1.165) is 5.92 Å². The molecule has 0 spiro atoms. The third-order valence-corrected chi connectivity index (χ3v) is 2.05. The van der Waals surface area contributed by atoms with E-state index in [1.807, 2.05) is 13.8 Å². The molecule has 1 heterocycles. The molecule has 0 unspecified atom stereocenters. The van der Waals surface area contributed by atoms with Crippen LogP contribution in [0.15, 0.2) is 0 Å². The summed E-state index contributed by atoms with van der Waals surface area (Å²) in [6.07, 6.45) is 2.73. The van der Waals surface area contributed by atoms with Gasteiger partial charge >= 0.3 is 0 Å². The fraction of sp³-hybridized carbons (Fsp3) is 1.00. The maximum atomic E-state index is 2.56. The van der Waals surface area contributed by atoms with Gasteiger partial charge in [-0.1, -0.05) is 27.7 Å². The Labute approximate surface area is 71.8 Å². The molecule has 0 aromatic rings. The van der Waals surface area contributed by atoms with Crippen molar-refractivity contribution in [1.82, 2.24) is 4.90 Å². The average molecular weight is 157 g/mol. The summed E-state index contributed by atoms with van der Waals surface area (Å²) in [6, 6.07) is 0. The Morgan fingerprint density at radius 2 is 2.00 bits per heavy atom. The molecule has 1 heteroatoms. The number of rotatable bonds is 2. The molecule has 0 amide bonds. The molecule has 0 saturated carbocycles. The molecule has 1 atom stereocenters. The Kier molecular flexibility index (Phi) is 6.63. The Balaban J connectivity index is 0.000000461. The van der Waals surface area contributed by atoms with Crippen LogP contribution in [-0.4, -0.2) is 24.5 Å². The fourth-order valence-corrected chi connectivity index (χ4v) is 1.55. The Morgan fingerprint density at radius 1 is 1.36 bits per heavy atom. The molecule has 0 radical (unpaired) electrons. The summed E-state index contributed by atoms with van der Waals surface area (Å²) in [4.78, 5) is 2.56. The lowest BCUT2D eigenvalue weighted by atomic mass is 10.2. The highest BCUT2D eigenvalue weighted by atomic mass is 15.1. The molecule has 1 saturated heterocycles. The highest BCUT2D eigenvalue weighted by Gasteiger charge is 2.16. The van der Waals surface area contributed by atoms with Gasteiger partial charge in [0.15, 0.2) is 0 Å². The van der Waals surface area contributed by atoms with Crippen LogP contribution in [0.5, 0.6) is 0 Å². The predicted molar refractivity (Wildman–Crippen MR) is 51.9 cm³/mol. The van der Waals surface area contributed by atoms with E-state index in [2.05, 4.69) is 18.7 Å². The van der Waals surface area contributed by atoms with Crippen molar-refractivity contribution in [3.8, 4) is 0 Å². The lowest BCUT2D eigenvalue weighted by Crippen LogP contribution is -2.20. The molecule has 0 aliphatic carbocycles. The minimum absolute atomic E-state index is 0.955. The van der Waals surface area contributed by atoms with Gasteiger partial charge in [0.25, 0.3) is 0 Å². The van der Waals surface area contributed by atoms with Crippen molar-refractivity contribution in [2.24, 2.45) is 5.92 Å². The Hall–Kier alpha value is -0.0400. The van der Waals surface area contributed by atoms with Crippen molar-refractivity contribution in [2.45, 2.75) is 40.5 Å². The lowest BCUT2D eigenvalue weighted by Gasteiger charge is -2.12. The largest absolute Gasteiger partial charge is 0.303 e. The van der Waals surface area contributed by atoms with Crippen molar-refractivity contribution in [1.29, 1.82) is 0 Å². The second-order valence-corrected chi connectivity index (χ2v) is 3.19. The van der Waals surface area contributed by atoms with E-state index in [-0.39, 0.29) is 0 Å². The summed E-state index contributed by atoms with van der Waals surface area (Å²) in [7, 11) is 0. The topological polar surface area (TPSA) is 3.24 Å². The molecule has 68 valence electrons. The highest BCUT2D eigenvalue weighted by Crippen LogP contribution is 2.14. The summed E-state index contributed by atoms with van der Waals surface area (Å²) in [5.74, 6) is 0.955. The first-order valence-electron chi connectivity index (χ1n) is 5.05. The second kappa shape index (κ2) is 6.66. The first kappa shape index (κ1) is 11.0. The van der Waals surface area contributed by atoms with Gasteiger partial charge in [-0.3, -0.25) is 0 Å². The van der Waals surface area contributed by atoms with Crippen molar-refractivity contribution in [3.05, 3.63) is 0 Å². The number of nitrogens with zero attached hydrogens (tertiary/aromatic N) is 1. The van der Waals surface area contributed by atoms with Crippen LogP contribution in [0.2, 0.25) is 0 Å². The minimum atomic E-state index is 0.955. The summed E-state index contributed by atoms with van der Waals surface area (Å²) < 4.78 is 0. The first-order chi connectivity index (χ1) is 5.33. The molecule has 1 fully saturated rings. The number of hydrogen-bond donors (Lipinski definition) is 0. The molecule has 0 aromatic carbocycles. The van der Waals surface area contributed by atoms with Gasteiger partial charge in [-0.2, -0.15) is 0 Å². The van der Waals surface area contributed by atoms with Crippen LogP contribution in [0.25, 0.3) is 0 Å². The maximum Gasteiger partial charge on any atom is 0.000749 e. The Morgan fingerprint density at radius 3 is 2.36 bits per heavy atom. The minimum Gasteiger partial charge on any atom is -0.303 e. The highest BCUT2D eigenvalue weighted by molar-refractivity contribution is 4.71. The first-order valence-corrected chi connectivity index (χ1v) is 5.05. The van der Waals surface area contributed by atoms with Crippen molar-refractivity contribution in [2.75, 3.05) is 19.6 Å². The van der Waals surface area contributed by atoms with E-state index in [9.17, 15) is 0 Å². The normalized spacial score (nSPS) is 24.5. The number of hydrogen-bond acceptors (Lipinski definition) is 1. The molecule has 1 rings (SSSR count).